The predicted octanol–water partition coefficient (Wildman–Crippen LogP) is 6.95. The number of benzene rings is 4. The highest BCUT2D eigenvalue weighted by Crippen LogP contribution is 2.31. The number of halogens is 4. The van der Waals surface area contributed by atoms with Crippen LogP contribution < -0.4 is 0 Å². The van der Waals surface area contributed by atoms with Crippen LogP contribution in [-0.2, 0) is 0 Å². The highest BCUT2D eigenvalue weighted by Gasteiger charge is 2.14. The molecule has 0 unspecified atom stereocenters. The van der Waals surface area contributed by atoms with Gasteiger partial charge >= 0.3 is 0 Å². The van der Waals surface area contributed by atoms with E-state index in [1.54, 1.807) is 30.3 Å². The second-order valence-corrected chi connectivity index (χ2v) is 6.57. The molecule has 4 aromatic rings. The smallest absolute Gasteiger partial charge is 0.194 e. The Morgan fingerprint density at radius 1 is 0.448 bits per heavy atom. The molecule has 0 fully saturated rings. The Morgan fingerprint density at radius 3 is 1.38 bits per heavy atom. The van der Waals surface area contributed by atoms with Crippen LogP contribution in [0.5, 0.6) is 5.75 Å². The fraction of sp³-hybridized carbons (Fsp3) is 0. The standard InChI is InChI=1S/C24H14F4O/c25-21-11-17(7-10-20(21)18-12-22(26)24(28)23(27)13-18)16-3-1-14(2-4-16)15-5-8-19(29)9-6-15/h1-13,29H. The first-order chi connectivity index (χ1) is 13.9. The summed E-state index contributed by atoms with van der Waals surface area (Å²) >= 11 is 0. The first-order valence-electron chi connectivity index (χ1n) is 8.77. The zero-order chi connectivity index (χ0) is 20.5. The van der Waals surface area contributed by atoms with Gasteiger partial charge in [-0.1, -0.05) is 48.5 Å². The third-order valence-electron chi connectivity index (χ3n) is 4.68. The van der Waals surface area contributed by atoms with Gasteiger partial charge in [-0.3, -0.25) is 0 Å². The van der Waals surface area contributed by atoms with Crippen molar-refractivity contribution in [2.24, 2.45) is 0 Å². The van der Waals surface area contributed by atoms with Crippen molar-refractivity contribution in [3.05, 3.63) is 102 Å². The molecule has 0 aliphatic carbocycles. The van der Waals surface area contributed by atoms with Gasteiger partial charge in [0, 0.05) is 5.56 Å². The van der Waals surface area contributed by atoms with E-state index in [1.807, 2.05) is 24.3 Å². The Balaban J connectivity index is 1.65. The van der Waals surface area contributed by atoms with Crippen molar-refractivity contribution in [1.82, 2.24) is 0 Å². The quantitative estimate of drug-likeness (QED) is 0.294. The van der Waals surface area contributed by atoms with E-state index in [4.69, 9.17) is 0 Å². The predicted molar refractivity (Wildman–Crippen MR) is 104 cm³/mol. The summed E-state index contributed by atoms with van der Waals surface area (Å²) in [5.41, 5.74) is 3.11. The van der Waals surface area contributed by atoms with Crippen LogP contribution in [0.1, 0.15) is 0 Å². The maximum atomic E-state index is 14.6. The number of hydrogen-bond donors (Lipinski definition) is 1. The van der Waals surface area contributed by atoms with Crippen LogP contribution in [0.3, 0.4) is 0 Å². The summed E-state index contributed by atoms with van der Waals surface area (Å²) in [6.07, 6.45) is 0. The molecule has 0 radical (unpaired) electrons. The number of rotatable bonds is 3. The van der Waals surface area contributed by atoms with Crippen LogP contribution in [0.25, 0.3) is 33.4 Å². The molecule has 0 amide bonds. The van der Waals surface area contributed by atoms with Gasteiger partial charge in [-0.2, -0.15) is 0 Å². The third-order valence-corrected chi connectivity index (χ3v) is 4.68. The van der Waals surface area contributed by atoms with E-state index in [2.05, 4.69) is 0 Å². The lowest BCUT2D eigenvalue weighted by molar-refractivity contribution is 0.447. The van der Waals surface area contributed by atoms with Crippen LogP contribution in [-0.4, -0.2) is 5.11 Å². The lowest BCUT2D eigenvalue weighted by Gasteiger charge is -2.09. The number of phenolic OH excluding ortho intramolecular Hbond substituents is 1. The molecule has 0 spiro atoms. The van der Waals surface area contributed by atoms with E-state index in [9.17, 15) is 22.7 Å². The fourth-order valence-corrected chi connectivity index (χ4v) is 3.15. The third kappa shape index (κ3) is 3.72. The van der Waals surface area contributed by atoms with Crippen LogP contribution in [0.2, 0.25) is 0 Å². The summed E-state index contributed by atoms with van der Waals surface area (Å²) in [6, 6.07) is 20.0. The van der Waals surface area contributed by atoms with Crippen LogP contribution in [0, 0.1) is 23.3 Å². The largest absolute Gasteiger partial charge is 0.508 e. The lowest BCUT2D eigenvalue weighted by atomic mass is 9.97. The second kappa shape index (κ2) is 7.43. The van der Waals surface area contributed by atoms with E-state index < -0.39 is 23.3 Å². The first-order valence-corrected chi connectivity index (χ1v) is 8.77. The zero-order valence-electron chi connectivity index (χ0n) is 15.0. The molecule has 1 N–H and O–H groups in total. The molecule has 0 aliphatic heterocycles. The molecule has 4 rings (SSSR count). The molecule has 29 heavy (non-hydrogen) atoms. The summed E-state index contributed by atoms with van der Waals surface area (Å²) < 4.78 is 54.6. The van der Waals surface area contributed by atoms with Crippen molar-refractivity contribution < 1.29 is 22.7 Å². The van der Waals surface area contributed by atoms with E-state index in [1.165, 1.54) is 12.1 Å². The van der Waals surface area contributed by atoms with Gasteiger partial charge in [0.1, 0.15) is 11.6 Å². The minimum absolute atomic E-state index is 0.0211. The molecule has 0 bridgehead atoms. The molecule has 1 nitrogen and oxygen atoms in total. The molecule has 0 heterocycles. The van der Waals surface area contributed by atoms with E-state index in [0.717, 1.165) is 28.8 Å². The molecule has 0 atom stereocenters. The molecule has 0 saturated heterocycles. The fourth-order valence-electron chi connectivity index (χ4n) is 3.15. The molecule has 0 aliphatic rings. The second-order valence-electron chi connectivity index (χ2n) is 6.57. The minimum atomic E-state index is -1.58. The molecule has 5 heteroatoms. The van der Waals surface area contributed by atoms with Crippen LogP contribution >= 0.6 is 0 Å². The van der Waals surface area contributed by atoms with Crippen molar-refractivity contribution >= 4 is 0 Å². The van der Waals surface area contributed by atoms with E-state index in [-0.39, 0.29) is 16.9 Å². The Kier molecular flexibility index (Phi) is 4.80. The number of hydrogen-bond acceptors (Lipinski definition) is 1. The molecular weight excluding hydrogens is 380 g/mol. The maximum absolute atomic E-state index is 14.6. The molecule has 4 aromatic carbocycles. The van der Waals surface area contributed by atoms with E-state index in [0.29, 0.717) is 5.56 Å². The summed E-state index contributed by atoms with van der Waals surface area (Å²) in [5.74, 6) is -4.81. The number of phenols is 1. The average molecular weight is 394 g/mol. The molecule has 0 aromatic heterocycles. The Bertz CT molecular complexity index is 1160. The zero-order valence-corrected chi connectivity index (χ0v) is 15.0. The normalized spacial score (nSPS) is 10.9. The number of aromatic hydroxyl groups is 1. The minimum Gasteiger partial charge on any atom is -0.508 e. The van der Waals surface area contributed by atoms with Crippen molar-refractivity contribution in [2.75, 3.05) is 0 Å². The molecule has 0 saturated carbocycles. The average Bonchev–Trinajstić information content (AvgIpc) is 2.72. The Labute approximate surface area is 164 Å². The van der Waals surface area contributed by atoms with Gasteiger partial charge in [-0.15, -0.1) is 0 Å². The monoisotopic (exact) mass is 394 g/mol. The summed E-state index contributed by atoms with van der Waals surface area (Å²) in [7, 11) is 0. The Hall–Kier alpha value is -3.60. The van der Waals surface area contributed by atoms with E-state index >= 15 is 0 Å². The lowest BCUT2D eigenvalue weighted by Crippen LogP contribution is -1.94. The first kappa shape index (κ1) is 18.7. The summed E-state index contributed by atoms with van der Waals surface area (Å²) in [5, 5.41) is 9.38. The van der Waals surface area contributed by atoms with Crippen molar-refractivity contribution in [2.45, 2.75) is 0 Å². The SMILES string of the molecule is Oc1ccc(-c2ccc(-c3ccc(-c4cc(F)c(F)c(F)c4)c(F)c3)cc2)cc1. The molecular formula is C24H14F4O. The van der Waals surface area contributed by atoms with Gasteiger partial charge < -0.3 is 5.11 Å². The van der Waals surface area contributed by atoms with Gasteiger partial charge in [0.05, 0.1) is 0 Å². The molecule has 144 valence electrons. The van der Waals surface area contributed by atoms with Gasteiger partial charge in [-0.25, -0.2) is 17.6 Å². The van der Waals surface area contributed by atoms with Gasteiger partial charge in [0.2, 0.25) is 0 Å². The van der Waals surface area contributed by atoms with Crippen LogP contribution in [0.15, 0.2) is 78.9 Å². The van der Waals surface area contributed by atoms with Gasteiger partial charge in [0.15, 0.2) is 17.5 Å². The summed E-state index contributed by atoms with van der Waals surface area (Å²) in [6.45, 7) is 0. The van der Waals surface area contributed by atoms with Crippen LogP contribution in [0.4, 0.5) is 17.6 Å². The topological polar surface area (TPSA) is 20.2 Å². The van der Waals surface area contributed by atoms with Gasteiger partial charge in [0.25, 0.3) is 0 Å². The highest BCUT2D eigenvalue weighted by atomic mass is 19.2. The maximum Gasteiger partial charge on any atom is 0.194 e. The van der Waals surface area contributed by atoms with Crippen molar-refractivity contribution in [1.29, 1.82) is 0 Å². The van der Waals surface area contributed by atoms with Crippen molar-refractivity contribution in [3.63, 3.8) is 0 Å². The summed E-state index contributed by atoms with van der Waals surface area (Å²) in [4.78, 5) is 0. The highest BCUT2D eigenvalue weighted by molar-refractivity contribution is 5.74. The Morgan fingerprint density at radius 2 is 0.862 bits per heavy atom. The van der Waals surface area contributed by atoms with Gasteiger partial charge in [-0.05, 0) is 58.1 Å². The van der Waals surface area contributed by atoms with Crippen molar-refractivity contribution in [3.8, 4) is 39.1 Å².